The quantitative estimate of drug-likeness (QED) is 0.683. The van der Waals surface area contributed by atoms with Gasteiger partial charge in [0.2, 0.25) is 0 Å². The van der Waals surface area contributed by atoms with Crippen LogP contribution in [0.2, 0.25) is 0 Å². The van der Waals surface area contributed by atoms with E-state index in [1.807, 2.05) is 30.3 Å². The number of hydrogen-bond acceptors (Lipinski definition) is 3. The second-order valence-electron chi connectivity index (χ2n) is 5.47. The molecule has 4 heteroatoms. The van der Waals surface area contributed by atoms with Gasteiger partial charge in [-0.05, 0) is 37.4 Å². The van der Waals surface area contributed by atoms with Crippen LogP contribution in [0.15, 0.2) is 30.3 Å². The van der Waals surface area contributed by atoms with Crippen LogP contribution in [-0.2, 0) is 11.2 Å². The van der Waals surface area contributed by atoms with Crippen LogP contribution in [0.5, 0.6) is 0 Å². The lowest BCUT2D eigenvalue weighted by Gasteiger charge is -2.17. The van der Waals surface area contributed by atoms with Crippen LogP contribution >= 0.6 is 0 Å². The Hall–Kier alpha value is -1.55. The smallest absolute Gasteiger partial charge is 0.404 e. The lowest BCUT2D eigenvalue weighted by atomic mass is 10.1. The first-order chi connectivity index (χ1) is 9.58. The van der Waals surface area contributed by atoms with Crippen LogP contribution in [0, 0.1) is 5.92 Å². The second kappa shape index (κ2) is 9.37. The van der Waals surface area contributed by atoms with E-state index >= 15 is 0 Å². The molecule has 0 fully saturated rings. The van der Waals surface area contributed by atoms with E-state index in [9.17, 15) is 4.79 Å². The fourth-order valence-corrected chi connectivity index (χ4v) is 2.02. The van der Waals surface area contributed by atoms with Gasteiger partial charge in [-0.1, -0.05) is 44.2 Å². The van der Waals surface area contributed by atoms with Crippen molar-refractivity contribution in [2.75, 3.05) is 13.1 Å². The molecule has 4 nitrogen and oxygen atoms in total. The topological polar surface area (TPSA) is 64.3 Å². The summed E-state index contributed by atoms with van der Waals surface area (Å²) in [6.45, 7) is 6.23. The maximum absolute atomic E-state index is 11.0. The average molecular weight is 278 g/mol. The molecule has 20 heavy (non-hydrogen) atoms. The summed E-state index contributed by atoms with van der Waals surface area (Å²) in [5.41, 5.74) is 6.29. The van der Waals surface area contributed by atoms with Crippen LogP contribution in [-0.4, -0.2) is 25.3 Å². The number of nitrogens with one attached hydrogen (secondary N) is 1. The third-order valence-electron chi connectivity index (χ3n) is 3.13. The molecule has 0 saturated heterocycles. The van der Waals surface area contributed by atoms with E-state index in [1.54, 1.807) is 0 Å². The third-order valence-corrected chi connectivity index (χ3v) is 3.13. The highest BCUT2D eigenvalue weighted by Gasteiger charge is 2.13. The molecule has 1 aromatic rings. The maximum atomic E-state index is 11.0. The molecule has 0 aromatic heterocycles. The minimum Gasteiger partial charge on any atom is -0.446 e. The van der Waals surface area contributed by atoms with Gasteiger partial charge in [0.25, 0.3) is 0 Å². The zero-order valence-electron chi connectivity index (χ0n) is 12.5. The summed E-state index contributed by atoms with van der Waals surface area (Å²) < 4.78 is 5.18. The summed E-state index contributed by atoms with van der Waals surface area (Å²) in [7, 11) is 0. The number of ether oxygens (including phenoxy) is 1. The highest BCUT2D eigenvalue weighted by molar-refractivity contribution is 5.64. The van der Waals surface area contributed by atoms with Gasteiger partial charge in [0.1, 0.15) is 6.10 Å². The van der Waals surface area contributed by atoms with Gasteiger partial charge in [0, 0.05) is 6.42 Å². The number of hydrogen-bond donors (Lipinski definition) is 2. The zero-order chi connectivity index (χ0) is 14.8. The number of primary amides is 1. The van der Waals surface area contributed by atoms with Gasteiger partial charge in [-0.15, -0.1) is 0 Å². The van der Waals surface area contributed by atoms with Crippen molar-refractivity contribution in [2.45, 2.75) is 39.2 Å². The van der Waals surface area contributed by atoms with Crippen molar-refractivity contribution >= 4 is 6.09 Å². The Kier molecular flexibility index (Phi) is 7.73. The molecule has 1 amide bonds. The Morgan fingerprint density at radius 3 is 2.45 bits per heavy atom. The summed E-state index contributed by atoms with van der Waals surface area (Å²) in [6.07, 6.45) is 1.76. The van der Waals surface area contributed by atoms with Crippen molar-refractivity contribution in [2.24, 2.45) is 11.7 Å². The summed E-state index contributed by atoms with van der Waals surface area (Å²) >= 11 is 0. The van der Waals surface area contributed by atoms with E-state index in [1.165, 1.54) is 0 Å². The van der Waals surface area contributed by atoms with Gasteiger partial charge in [-0.25, -0.2) is 4.79 Å². The number of nitrogens with two attached hydrogens (primary N) is 1. The fraction of sp³-hybridized carbons (Fsp3) is 0.562. The molecule has 0 aliphatic heterocycles. The van der Waals surface area contributed by atoms with Crippen LogP contribution in [0.3, 0.4) is 0 Å². The second-order valence-corrected chi connectivity index (χ2v) is 5.47. The highest BCUT2D eigenvalue weighted by atomic mass is 16.6. The average Bonchev–Trinajstić information content (AvgIpc) is 2.38. The first-order valence-corrected chi connectivity index (χ1v) is 7.28. The minimum absolute atomic E-state index is 0.165. The maximum Gasteiger partial charge on any atom is 0.404 e. The predicted molar refractivity (Wildman–Crippen MR) is 81.5 cm³/mol. The predicted octanol–water partition coefficient (Wildman–Crippen LogP) is 2.72. The van der Waals surface area contributed by atoms with Crippen molar-refractivity contribution in [1.82, 2.24) is 5.32 Å². The number of carbonyl (C=O) groups excluding carboxylic acids is 1. The molecule has 0 heterocycles. The van der Waals surface area contributed by atoms with Crippen LogP contribution in [0.4, 0.5) is 4.79 Å². The van der Waals surface area contributed by atoms with Gasteiger partial charge in [-0.3, -0.25) is 0 Å². The fourth-order valence-electron chi connectivity index (χ4n) is 2.02. The first-order valence-electron chi connectivity index (χ1n) is 7.28. The highest BCUT2D eigenvalue weighted by Crippen LogP contribution is 2.09. The Balaban J connectivity index is 2.34. The molecular formula is C16H26N2O2. The monoisotopic (exact) mass is 278 g/mol. The third kappa shape index (κ3) is 7.79. The number of amides is 1. The van der Waals surface area contributed by atoms with Crippen molar-refractivity contribution in [1.29, 1.82) is 0 Å². The zero-order valence-corrected chi connectivity index (χ0v) is 12.5. The largest absolute Gasteiger partial charge is 0.446 e. The molecule has 0 aliphatic carbocycles. The van der Waals surface area contributed by atoms with Crippen molar-refractivity contribution < 1.29 is 9.53 Å². The van der Waals surface area contributed by atoms with Gasteiger partial charge in [0.05, 0.1) is 0 Å². The molecule has 0 saturated carbocycles. The standard InChI is InChI=1S/C16H26N2O2/c1-13(2)8-10-18-11-9-15(20-16(17)19)12-14-6-4-3-5-7-14/h3-7,13,15,18H,8-12H2,1-2H3,(H2,17,19)/t15-/m1/s1. The molecule has 1 atom stereocenters. The van der Waals surface area contributed by atoms with Crippen molar-refractivity contribution in [3.8, 4) is 0 Å². The number of carbonyl (C=O) groups is 1. The number of rotatable bonds is 9. The van der Waals surface area contributed by atoms with E-state index < -0.39 is 6.09 Å². The Morgan fingerprint density at radius 1 is 1.20 bits per heavy atom. The Bertz CT molecular complexity index is 379. The van der Waals surface area contributed by atoms with E-state index in [4.69, 9.17) is 10.5 Å². The molecule has 0 spiro atoms. The Morgan fingerprint density at radius 2 is 1.85 bits per heavy atom. The van der Waals surface area contributed by atoms with Crippen molar-refractivity contribution in [3.05, 3.63) is 35.9 Å². The lowest BCUT2D eigenvalue weighted by molar-refractivity contribution is 0.101. The SMILES string of the molecule is CC(C)CCNCC[C@H](Cc1ccccc1)OC(N)=O. The lowest BCUT2D eigenvalue weighted by Crippen LogP contribution is -2.29. The van der Waals surface area contributed by atoms with Crippen LogP contribution < -0.4 is 11.1 Å². The molecule has 0 aliphatic rings. The van der Waals surface area contributed by atoms with Crippen LogP contribution in [0.1, 0.15) is 32.3 Å². The summed E-state index contributed by atoms with van der Waals surface area (Å²) in [5, 5.41) is 3.37. The van der Waals surface area contributed by atoms with Crippen molar-refractivity contribution in [3.63, 3.8) is 0 Å². The molecule has 1 rings (SSSR count). The van der Waals surface area contributed by atoms with Gasteiger partial charge in [-0.2, -0.15) is 0 Å². The molecule has 1 aromatic carbocycles. The van der Waals surface area contributed by atoms with Gasteiger partial charge < -0.3 is 15.8 Å². The molecule has 0 unspecified atom stereocenters. The van der Waals surface area contributed by atoms with E-state index in [0.29, 0.717) is 12.3 Å². The van der Waals surface area contributed by atoms with Crippen LogP contribution in [0.25, 0.3) is 0 Å². The molecule has 3 N–H and O–H groups in total. The van der Waals surface area contributed by atoms with Gasteiger partial charge >= 0.3 is 6.09 Å². The first kappa shape index (κ1) is 16.5. The molecular weight excluding hydrogens is 252 g/mol. The van der Waals surface area contributed by atoms with E-state index in [-0.39, 0.29) is 6.10 Å². The van der Waals surface area contributed by atoms with Gasteiger partial charge in [0.15, 0.2) is 0 Å². The molecule has 112 valence electrons. The summed E-state index contributed by atoms with van der Waals surface area (Å²) in [6, 6.07) is 10.0. The minimum atomic E-state index is -0.701. The molecule has 0 bridgehead atoms. The van der Waals surface area contributed by atoms with E-state index in [0.717, 1.165) is 31.5 Å². The van der Waals surface area contributed by atoms with E-state index in [2.05, 4.69) is 19.2 Å². The summed E-state index contributed by atoms with van der Waals surface area (Å²) in [5.74, 6) is 0.699. The normalized spacial score (nSPS) is 12.3. The summed E-state index contributed by atoms with van der Waals surface area (Å²) in [4.78, 5) is 11.0. The number of benzene rings is 1. The Labute approximate surface area is 121 Å². The molecule has 0 radical (unpaired) electrons.